The minimum Gasteiger partial charge on any atom is -0.497 e. The molecule has 2 saturated heterocycles. The van der Waals surface area contributed by atoms with Crippen LogP contribution < -0.4 is 10.1 Å². The standard InChI is InChI=1S/C23H29N3O2/c1-23-9-5-11-26(21(23)8-4-10-25-23)22(27)19-13-18(15-24-16-19)12-17-6-3-7-20(14-17)28-2/h3,6-7,13-16,21,25H,4-5,8-12H2,1-2H3/t21-,23+/m1/s1. The fourth-order valence-electron chi connectivity index (χ4n) is 4.76. The zero-order valence-electron chi connectivity index (χ0n) is 16.8. The zero-order chi connectivity index (χ0) is 19.6. The molecule has 5 nitrogen and oxygen atoms in total. The van der Waals surface area contributed by atoms with Crippen LogP contribution >= 0.6 is 0 Å². The van der Waals surface area contributed by atoms with E-state index in [2.05, 4.69) is 28.2 Å². The van der Waals surface area contributed by atoms with Crippen LogP contribution in [0.15, 0.2) is 42.7 Å². The topological polar surface area (TPSA) is 54.5 Å². The maximum atomic E-state index is 13.3. The summed E-state index contributed by atoms with van der Waals surface area (Å²) in [6.45, 7) is 4.15. The minimum absolute atomic E-state index is 0.0395. The normalized spacial score (nSPS) is 24.5. The van der Waals surface area contributed by atoms with Gasteiger partial charge in [0.05, 0.1) is 12.7 Å². The van der Waals surface area contributed by atoms with Crippen molar-refractivity contribution >= 4 is 5.91 Å². The molecule has 2 aliphatic rings. The summed E-state index contributed by atoms with van der Waals surface area (Å²) in [7, 11) is 1.67. The highest BCUT2D eigenvalue weighted by molar-refractivity contribution is 5.94. The Labute approximate surface area is 167 Å². The number of benzene rings is 1. The monoisotopic (exact) mass is 379 g/mol. The van der Waals surface area contributed by atoms with Crippen LogP contribution in [0.3, 0.4) is 0 Å². The van der Waals surface area contributed by atoms with Crippen molar-refractivity contribution in [1.82, 2.24) is 15.2 Å². The lowest BCUT2D eigenvalue weighted by molar-refractivity contribution is 0.0253. The van der Waals surface area contributed by atoms with Crippen molar-refractivity contribution in [1.29, 1.82) is 0 Å². The number of likely N-dealkylation sites (tertiary alicyclic amines) is 1. The van der Waals surface area contributed by atoms with Crippen molar-refractivity contribution in [3.8, 4) is 5.75 Å². The Bertz CT molecular complexity index is 849. The number of hydrogen-bond donors (Lipinski definition) is 1. The Morgan fingerprint density at radius 1 is 1.29 bits per heavy atom. The Morgan fingerprint density at radius 3 is 3.04 bits per heavy atom. The smallest absolute Gasteiger partial charge is 0.255 e. The first-order chi connectivity index (χ1) is 13.6. The summed E-state index contributed by atoms with van der Waals surface area (Å²) in [5.41, 5.74) is 2.92. The van der Waals surface area contributed by atoms with Gasteiger partial charge in [-0.25, -0.2) is 0 Å². The van der Waals surface area contributed by atoms with Gasteiger partial charge >= 0.3 is 0 Å². The van der Waals surface area contributed by atoms with Crippen molar-refractivity contribution in [2.45, 2.75) is 50.6 Å². The molecule has 0 radical (unpaired) electrons. The molecule has 2 aromatic rings. The number of piperidine rings is 2. The number of nitrogens with one attached hydrogen (secondary N) is 1. The number of nitrogens with zero attached hydrogens (tertiary/aromatic N) is 2. The van der Waals surface area contributed by atoms with E-state index in [-0.39, 0.29) is 17.5 Å². The van der Waals surface area contributed by atoms with Crippen LogP contribution in [0, 0.1) is 0 Å². The second-order valence-corrected chi connectivity index (χ2v) is 8.21. The zero-order valence-corrected chi connectivity index (χ0v) is 16.8. The van der Waals surface area contributed by atoms with Crippen LogP contribution in [0.1, 0.15) is 54.1 Å². The van der Waals surface area contributed by atoms with Gasteiger partial charge in [-0.05, 0) is 74.9 Å². The van der Waals surface area contributed by atoms with E-state index < -0.39 is 0 Å². The third kappa shape index (κ3) is 3.76. The van der Waals surface area contributed by atoms with Crippen LogP contribution in [0.2, 0.25) is 0 Å². The molecule has 4 rings (SSSR count). The fraction of sp³-hybridized carbons (Fsp3) is 0.478. The third-order valence-electron chi connectivity index (χ3n) is 6.24. The maximum Gasteiger partial charge on any atom is 0.255 e. The van der Waals surface area contributed by atoms with E-state index in [9.17, 15) is 4.79 Å². The van der Waals surface area contributed by atoms with E-state index in [1.54, 1.807) is 13.3 Å². The lowest BCUT2D eigenvalue weighted by Crippen LogP contribution is -2.65. The van der Waals surface area contributed by atoms with Gasteiger partial charge < -0.3 is 15.0 Å². The molecule has 5 heteroatoms. The van der Waals surface area contributed by atoms with E-state index in [1.165, 1.54) is 0 Å². The van der Waals surface area contributed by atoms with E-state index in [0.29, 0.717) is 5.56 Å². The van der Waals surface area contributed by atoms with Gasteiger partial charge in [-0.15, -0.1) is 0 Å². The van der Waals surface area contributed by atoms with Crippen molar-refractivity contribution in [2.75, 3.05) is 20.2 Å². The molecule has 2 fully saturated rings. The molecule has 1 N–H and O–H groups in total. The van der Waals surface area contributed by atoms with Crippen LogP contribution in [0.4, 0.5) is 0 Å². The van der Waals surface area contributed by atoms with E-state index in [1.807, 2.05) is 30.5 Å². The molecule has 1 aromatic heterocycles. The predicted octanol–water partition coefficient (Wildman–Crippen LogP) is 3.43. The van der Waals surface area contributed by atoms with Gasteiger partial charge in [0.1, 0.15) is 5.75 Å². The molecule has 0 aliphatic carbocycles. The third-order valence-corrected chi connectivity index (χ3v) is 6.24. The Kier molecular flexibility index (Phi) is 5.36. The molecule has 2 aliphatic heterocycles. The fourth-order valence-corrected chi connectivity index (χ4v) is 4.76. The summed E-state index contributed by atoms with van der Waals surface area (Å²) in [6, 6.07) is 10.3. The SMILES string of the molecule is COc1cccc(Cc2cncc(C(=O)N3CCC[C@]4(C)NCCC[C@@H]34)c2)c1. The van der Waals surface area contributed by atoms with Crippen LogP contribution in [0.25, 0.3) is 0 Å². The molecule has 0 spiro atoms. The Hall–Kier alpha value is -2.40. The summed E-state index contributed by atoms with van der Waals surface area (Å²) in [6.07, 6.45) is 8.66. The maximum absolute atomic E-state index is 13.3. The molecule has 1 aromatic carbocycles. The van der Waals surface area contributed by atoms with Crippen LogP contribution in [0.5, 0.6) is 5.75 Å². The van der Waals surface area contributed by atoms with Gasteiger partial charge in [0.25, 0.3) is 5.91 Å². The number of amides is 1. The number of methoxy groups -OCH3 is 1. The van der Waals surface area contributed by atoms with Gasteiger partial charge in [-0.2, -0.15) is 0 Å². The average Bonchev–Trinajstić information content (AvgIpc) is 2.72. The molecule has 0 bridgehead atoms. The van der Waals surface area contributed by atoms with Gasteiger partial charge in [-0.3, -0.25) is 9.78 Å². The molecule has 28 heavy (non-hydrogen) atoms. The lowest BCUT2D eigenvalue weighted by Gasteiger charge is -2.51. The van der Waals surface area contributed by atoms with Crippen molar-refractivity contribution < 1.29 is 9.53 Å². The van der Waals surface area contributed by atoms with Crippen LogP contribution in [-0.4, -0.2) is 47.6 Å². The number of carbonyl (C=O) groups excluding carboxylic acids is 1. The molecule has 148 valence electrons. The highest BCUT2D eigenvalue weighted by Crippen LogP contribution is 2.34. The highest BCUT2D eigenvalue weighted by Gasteiger charge is 2.44. The number of ether oxygens (including phenoxy) is 1. The quantitative estimate of drug-likeness (QED) is 0.884. The molecular formula is C23H29N3O2. The number of pyridine rings is 1. The Morgan fingerprint density at radius 2 is 2.18 bits per heavy atom. The molecule has 2 atom stereocenters. The summed E-state index contributed by atoms with van der Waals surface area (Å²) < 4.78 is 5.31. The van der Waals surface area contributed by atoms with Gasteiger partial charge in [0, 0.05) is 30.5 Å². The number of aromatic nitrogens is 1. The molecule has 0 saturated carbocycles. The second kappa shape index (κ2) is 7.92. The van der Waals surface area contributed by atoms with Crippen molar-refractivity contribution in [3.05, 3.63) is 59.4 Å². The lowest BCUT2D eigenvalue weighted by atomic mass is 9.77. The van der Waals surface area contributed by atoms with Crippen molar-refractivity contribution in [2.24, 2.45) is 0 Å². The summed E-state index contributed by atoms with van der Waals surface area (Å²) in [4.78, 5) is 19.8. The number of rotatable bonds is 4. The van der Waals surface area contributed by atoms with Crippen molar-refractivity contribution in [3.63, 3.8) is 0 Å². The van der Waals surface area contributed by atoms with E-state index in [4.69, 9.17) is 4.74 Å². The molecule has 3 heterocycles. The Balaban J connectivity index is 1.54. The molecular weight excluding hydrogens is 350 g/mol. The number of hydrogen-bond acceptors (Lipinski definition) is 4. The first-order valence-electron chi connectivity index (χ1n) is 10.2. The minimum atomic E-state index is 0.0395. The van der Waals surface area contributed by atoms with Gasteiger partial charge in [0.2, 0.25) is 0 Å². The summed E-state index contributed by atoms with van der Waals surface area (Å²) in [5, 5.41) is 3.67. The predicted molar refractivity (Wildman–Crippen MR) is 110 cm³/mol. The van der Waals surface area contributed by atoms with E-state index in [0.717, 1.165) is 62.1 Å². The number of carbonyl (C=O) groups is 1. The second-order valence-electron chi connectivity index (χ2n) is 8.21. The first kappa shape index (κ1) is 18.9. The largest absolute Gasteiger partial charge is 0.497 e. The van der Waals surface area contributed by atoms with Gasteiger partial charge in [0.15, 0.2) is 0 Å². The van der Waals surface area contributed by atoms with Gasteiger partial charge in [-0.1, -0.05) is 12.1 Å². The summed E-state index contributed by atoms with van der Waals surface area (Å²) >= 11 is 0. The first-order valence-corrected chi connectivity index (χ1v) is 10.2. The van der Waals surface area contributed by atoms with E-state index >= 15 is 0 Å². The number of fused-ring (bicyclic) bond motifs is 1. The molecule has 1 amide bonds. The highest BCUT2D eigenvalue weighted by atomic mass is 16.5. The van der Waals surface area contributed by atoms with Crippen LogP contribution in [-0.2, 0) is 6.42 Å². The molecule has 0 unspecified atom stereocenters. The average molecular weight is 380 g/mol. The summed E-state index contributed by atoms with van der Waals surface area (Å²) in [5.74, 6) is 0.953.